The number of benzene rings is 2. The molecule has 0 radical (unpaired) electrons. The smallest absolute Gasteiger partial charge is 0.328 e. The molecular formula is C29H38N2O11. The van der Waals surface area contributed by atoms with Crippen LogP contribution in [0.2, 0.25) is 0 Å². The van der Waals surface area contributed by atoms with Gasteiger partial charge in [0, 0.05) is 37.8 Å². The number of fused-ring (bicyclic) bond motifs is 1. The lowest BCUT2D eigenvalue weighted by molar-refractivity contribution is -0.134. The summed E-state index contributed by atoms with van der Waals surface area (Å²) >= 11 is 0. The maximum atomic E-state index is 11.9. The summed E-state index contributed by atoms with van der Waals surface area (Å²) in [5, 5.41) is 32.1. The van der Waals surface area contributed by atoms with E-state index in [1.165, 1.54) is 0 Å². The standard InChI is InChI=1S/C25H34N2O7.C4H4O4/c1-30-12-13-33-22-8-7-20(19-5-9-24(29)27-25(19)22)34-16-18(28)15-26-11-10-17-4-6-21(31-2)23(14-17)32-3;5-3(6)1-2-4(7)8/h4,6-8,14,18,26,28H,5,9-13,15-16H2,1-3H3,(H,27,29);1-2H,(H,5,6)(H,7,8). The number of carbonyl (C=O) groups excluding carboxylic acids is 1. The second kappa shape index (κ2) is 18.2. The van der Waals surface area contributed by atoms with E-state index in [9.17, 15) is 19.5 Å². The zero-order valence-electron chi connectivity index (χ0n) is 23.9. The molecule has 0 bridgehead atoms. The molecule has 0 aliphatic carbocycles. The summed E-state index contributed by atoms with van der Waals surface area (Å²) in [6, 6.07) is 9.41. The SMILES string of the molecule is COCCOc1ccc(OCC(O)CNCCc2ccc(OC)c(OC)c2)c2c1NC(=O)CC2.O=C(O)C=CC(=O)O. The van der Waals surface area contributed by atoms with E-state index in [2.05, 4.69) is 10.6 Å². The van der Waals surface area contributed by atoms with Crippen LogP contribution in [0.5, 0.6) is 23.0 Å². The average Bonchev–Trinajstić information content (AvgIpc) is 2.98. The van der Waals surface area contributed by atoms with Gasteiger partial charge in [-0.15, -0.1) is 0 Å². The van der Waals surface area contributed by atoms with E-state index in [0.29, 0.717) is 80.0 Å². The van der Waals surface area contributed by atoms with Crippen molar-refractivity contribution in [3.05, 3.63) is 53.6 Å². The molecule has 5 N–H and O–H groups in total. The van der Waals surface area contributed by atoms with Gasteiger partial charge < -0.3 is 49.6 Å². The molecule has 42 heavy (non-hydrogen) atoms. The van der Waals surface area contributed by atoms with Gasteiger partial charge >= 0.3 is 11.9 Å². The number of hydrogen-bond acceptors (Lipinski definition) is 10. The van der Waals surface area contributed by atoms with E-state index < -0.39 is 18.0 Å². The van der Waals surface area contributed by atoms with E-state index in [4.69, 9.17) is 33.9 Å². The van der Waals surface area contributed by atoms with Gasteiger partial charge in [0.1, 0.15) is 30.8 Å². The molecule has 1 unspecified atom stereocenters. The Morgan fingerprint density at radius 1 is 0.929 bits per heavy atom. The summed E-state index contributed by atoms with van der Waals surface area (Å²) in [6.45, 7) is 2.05. The Balaban J connectivity index is 0.000000675. The molecule has 1 atom stereocenters. The van der Waals surface area contributed by atoms with Crippen molar-refractivity contribution in [2.45, 2.75) is 25.4 Å². The van der Waals surface area contributed by atoms with Crippen LogP contribution in [0.1, 0.15) is 17.5 Å². The fourth-order valence-electron chi connectivity index (χ4n) is 3.85. The Bertz CT molecular complexity index is 1200. The third-order valence-corrected chi connectivity index (χ3v) is 5.86. The first-order valence-electron chi connectivity index (χ1n) is 13.1. The molecule has 2 aromatic rings. The van der Waals surface area contributed by atoms with Crippen LogP contribution < -0.4 is 29.6 Å². The molecular weight excluding hydrogens is 552 g/mol. The lowest BCUT2D eigenvalue weighted by Gasteiger charge is -2.23. The van der Waals surface area contributed by atoms with Gasteiger partial charge in [-0.25, -0.2) is 9.59 Å². The lowest BCUT2D eigenvalue weighted by atomic mass is 10.0. The number of hydrogen-bond donors (Lipinski definition) is 5. The van der Waals surface area contributed by atoms with E-state index in [-0.39, 0.29) is 12.5 Å². The minimum Gasteiger partial charge on any atom is -0.493 e. The quantitative estimate of drug-likeness (QED) is 0.142. The van der Waals surface area contributed by atoms with E-state index >= 15 is 0 Å². The van der Waals surface area contributed by atoms with Crippen LogP contribution in [0.15, 0.2) is 42.5 Å². The molecule has 0 fully saturated rings. The summed E-state index contributed by atoms with van der Waals surface area (Å²) in [4.78, 5) is 31.0. The second-order valence-electron chi connectivity index (χ2n) is 8.92. The summed E-state index contributed by atoms with van der Waals surface area (Å²) in [6.07, 6.45) is 2.15. The highest BCUT2D eigenvalue weighted by molar-refractivity contribution is 5.96. The maximum Gasteiger partial charge on any atom is 0.328 e. The third-order valence-electron chi connectivity index (χ3n) is 5.86. The molecule has 230 valence electrons. The molecule has 13 heteroatoms. The van der Waals surface area contributed by atoms with Crippen molar-refractivity contribution in [2.24, 2.45) is 0 Å². The Hall–Kier alpha value is -4.33. The van der Waals surface area contributed by atoms with Crippen molar-refractivity contribution in [3.8, 4) is 23.0 Å². The van der Waals surface area contributed by atoms with Gasteiger partial charge in [-0.1, -0.05) is 6.07 Å². The summed E-state index contributed by atoms with van der Waals surface area (Å²) in [5.41, 5.74) is 2.62. The van der Waals surface area contributed by atoms with Crippen LogP contribution in [0, 0.1) is 0 Å². The summed E-state index contributed by atoms with van der Waals surface area (Å²) in [5.74, 6) is 0.0502. The number of carbonyl (C=O) groups is 3. The van der Waals surface area contributed by atoms with Gasteiger partial charge in [0.25, 0.3) is 0 Å². The van der Waals surface area contributed by atoms with Crippen molar-refractivity contribution in [2.75, 3.05) is 59.6 Å². The van der Waals surface area contributed by atoms with E-state index in [1.54, 1.807) is 27.4 Å². The minimum absolute atomic E-state index is 0.0556. The number of carboxylic acids is 2. The van der Waals surface area contributed by atoms with Crippen molar-refractivity contribution in [1.82, 2.24) is 5.32 Å². The number of ether oxygens (including phenoxy) is 5. The fraction of sp³-hybridized carbons (Fsp3) is 0.414. The normalized spacial score (nSPS) is 12.8. The van der Waals surface area contributed by atoms with Crippen LogP contribution in [-0.2, 0) is 32.0 Å². The van der Waals surface area contributed by atoms with Gasteiger partial charge in [0.2, 0.25) is 5.91 Å². The Kier molecular flexibility index (Phi) is 14.7. The van der Waals surface area contributed by atoms with Gasteiger partial charge in [0.15, 0.2) is 11.5 Å². The number of carboxylic acid groups (broad SMARTS) is 2. The molecule has 1 amide bonds. The van der Waals surface area contributed by atoms with Crippen molar-refractivity contribution in [3.63, 3.8) is 0 Å². The summed E-state index contributed by atoms with van der Waals surface area (Å²) in [7, 11) is 4.83. The first kappa shape index (κ1) is 33.9. The van der Waals surface area contributed by atoms with Crippen LogP contribution in [0.25, 0.3) is 0 Å². The topological polar surface area (TPSA) is 182 Å². The largest absolute Gasteiger partial charge is 0.493 e. The molecule has 0 aromatic heterocycles. The van der Waals surface area contributed by atoms with E-state index in [1.807, 2.05) is 24.3 Å². The molecule has 1 heterocycles. The van der Waals surface area contributed by atoms with Crippen molar-refractivity contribution in [1.29, 1.82) is 0 Å². The predicted molar refractivity (Wildman–Crippen MR) is 153 cm³/mol. The Morgan fingerprint density at radius 2 is 1.60 bits per heavy atom. The molecule has 2 aromatic carbocycles. The molecule has 1 aliphatic rings. The molecule has 0 saturated heterocycles. The first-order valence-corrected chi connectivity index (χ1v) is 13.1. The van der Waals surface area contributed by atoms with Crippen molar-refractivity contribution < 1.29 is 53.4 Å². The first-order chi connectivity index (χ1) is 20.2. The van der Waals surface area contributed by atoms with Gasteiger partial charge in [-0.3, -0.25) is 4.79 Å². The number of amides is 1. The molecule has 0 saturated carbocycles. The Labute approximate surface area is 244 Å². The molecule has 3 rings (SSSR count). The highest BCUT2D eigenvalue weighted by Gasteiger charge is 2.23. The van der Waals surface area contributed by atoms with Gasteiger partial charge in [-0.05, 0) is 49.2 Å². The van der Waals surface area contributed by atoms with Crippen LogP contribution >= 0.6 is 0 Å². The number of aliphatic carboxylic acids is 2. The number of aliphatic hydroxyl groups excluding tert-OH is 1. The zero-order valence-corrected chi connectivity index (χ0v) is 23.9. The fourth-order valence-corrected chi connectivity index (χ4v) is 3.85. The predicted octanol–water partition coefficient (Wildman–Crippen LogP) is 1.90. The minimum atomic E-state index is -1.26. The van der Waals surface area contributed by atoms with Gasteiger partial charge in [-0.2, -0.15) is 0 Å². The maximum absolute atomic E-state index is 11.9. The molecule has 1 aliphatic heterocycles. The highest BCUT2D eigenvalue weighted by atomic mass is 16.5. The zero-order chi connectivity index (χ0) is 30.9. The summed E-state index contributed by atoms with van der Waals surface area (Å²) < 4.78 is 27.2. The Morgan fingerprint density at radius 3 is 2.24 bits per heavy atom. The molecule has 0 spiro atoms. The van der Waals surface area contributed by atoms with E-state index in [0.717, 1.165) is 17.5 Å². The van der Waals surface area contributed by atoms with Crippen LogP contribution in [0.4, 0.5) is 5.69 Å². The van der Waals surface area contributed by atoms with Crippen LogP contribution in [-0.4, -0.2) is 93.5 Å². The number of nitrogens with one attached hydrogen (secondary N) is 2. The van der Waals surface area contributed by atoms with Crippen molar-refractivity contribution >= 4 is 23.5 Å². The second-order valence-corrected chi connectivity index (χ2v) is 8.92. The number of methoxy groups -OCH3 is 3. The third kappa shape index (κ3) is 11.6. The van der Waals surface area contributed by atoms with Crippen LogP contribution in [0.3, 0.4) is 0 Å². The average molecular weight is 591 g/mol. The lowest BCUT2D eigenvalue weighted by Crippen LogP contribution is -2.32. The monoisotopic (exact) mass is 590 g/mol. The number of aliphatic hydroxyl groups is 1. The highest BCUT2D eigenvalue weighted by Crippen LogP contribution is 2.39. The number of anilines is 1. The number of rotatable bonds is 16. The molecule has 13 nitrogen and oxygen atoms in total. The van der Waals surface area contributed by atoms with Gasteiger partial charge in [0.05, 0.1) is 26.5 Å².